The lowest BCUT2D eigenvalue weighted by molar-refractivity contribution is -0.142. The third-order valence-electron chi connectivity index (χ3n) is 3.69. The summed E-state index contributed by atoms with van der Waals surface area (Å²) < 4.78 is 16.3. The minimum atomic E-state index is -0.274. The minimum absolute atomic E-state index is 0.142. The molecular weight excluding hydrogens is 280 g/mol. The predicted octanol–water partition coefficient (Wildman–Crippen LogP) is 1.40. The van der Waals surface area contributed by atoms with Crippen molar-refractivity contribution in [1.29, 1.82) is 0 Å². The van der Waals surface area contributed by atoms with Gasteiger partial charge in [-0.25, -0.2) is 0 Å². The summed E-state index contributed by atoms with van der Waals surface area (Å²) in [5.41, 5.74) is 1.04. The average molecular weight is 298 g/mol. The van der Waals surface area contributed by atoms with Gasteiger partial charge >= 0.3 is 5.97 Å². The van der Waals surface area contributed by atoms with E-state index in [1.54, 1.807) is 14.0 Å². The Kier molecular flexibility index (Phi) is 4.00. The molecule has 0 fully saturated rings. The predicted molar refractivity (Wildman–Crippen MR) is 82.9 cm³/mol. The number of esters is 1. The molecule has 0 bridgehead atoms. The SMILES string of the molecule is CCOC(=O)CC1=c2ccccc2=C2C=C(OC)C=CC2O1. The number of carbonyl (C=O) groups is 1. The summed E-state index contributed by atoms with van der Waals surface area (Å²) in [6.07, 6.45) is 5.74. The van der Waals surface area contributed by atoms with Crippen molar-refractivity contribution in [1.82, 2.24) is 0 Å². The Morgan fingerprint density at radius 3 is 2.77 bits per heavy atom. The van der Waals surface area contributed by atoms with Crippen LogP contribution < -0.4 is 10.4 Å². The van der Waals surface area contributed by atoms with Gasteiger partial charge in [0, 0.05) is 10.8 Å². The smallest absolute Gasteiger partial charge is 0.313 e. The quantitative estimate of drug-likeness (QED) is 0.788. The van der Waals surface area contributed by atoms with E-state index in [0.717, 1.165) is 21.8 Å². The van der Waals surface area contributed by atoms with Gasteiger partial charge in [0.1, 0.15) is 24.0 Å². The first-order valence-corrected chi connectivity index (χ1v) is 7.31. The maximum Gasteiger partial charge on any atom is 0.313 e. The third kappa shape index (κ3) is 2.64. The van der Waals surface area contributed by atoms with Gasteiger partial charge in [-0.1, -0.05) is 24.3 Å². The normalized spacial score (nSPS) is 18.8. The molecule has 0 N–H and O–H groups in total. The van der Waals surface area contributed by atoms with Crippen LogP contribution in [0, 0.1) is 0 Å². The van der Waals surface area contributed by atoms with Crippen LogP contribution in [0.25, 0.3) is 11.3 Å². The second kappa shape index (κ2) is 6.10. The summed E-state index contributed by atoms with van der Waals surface area (Å²) in [5, 5.41) is 2.00. The third-order valence-corrected chi connectivity index (χ3v) is 3.69. The first-order chi connectivity index (χ1) is 10.7. The van der Waals surface area contributed by atoms with E-state index in [0.29, 0.717) is 12.4 Å². The highest BCUT2D eigenvalue weighted by atomic mass is 16.5. The van der Waals surface area contributed by atoms with E-state index in [2.05, 4.69) is 0 Å². The number of hydrogen-bond donors (Lipinski definition) is 0. The second-order valence-electron chi connectivity index (χ2n) is 5.05. The standard InChI is InChI=1S/C18H18O4/c1-3-21-18(19)11-17-14-7-5-4-6-13(14)15-10-12(20-2)8-9-16(15)22-17/h4-10,16H,3,11H2,1-2H3. The zero-order valence-corrected chi connectivity index (χ0v) is 12.7. The molecule has 1 aliphatic heterocycles. The monoisotopic (exact) mass is 298 g/mol. The van der Waals surface area contributed by atoms with Gasteiger partial charge in [0.15, 0.2) is 0 Å². The van der Waals surface area contributed by atoms with Crippen molar-refractivity contribution >= 4 is 17.3 Å². The van der Waals surface area contributed by atoms with Crippen LogP contribution in [-0.4, -0.2) is 25.8 Å². The maximum atomic E-state index is 11.8. The highest BCUT2D eigenvalue weighted by Gasteiger charge is 2.24. The fourth-order valence-corrected chi connectivity index (χ4v) is 2.70. The second-order valence-corrected chi connectivity index (χ2v) is 5.05. The number of hydrogen-bond acceptors (Lipinski definition) is 4. The van der Waals surface area contributed by atoms with Crippen molar-refractivity contribution in [3.63, 3.8) is 0 Å². The topological polar surface area (TPSA) is 44.8 Å². The lowest BCUT2D eigenvalue weighted by Gasteiger charge is -2.26. The molecule has 1 aromatic rings. The van der Waals surface area contributed by atoms with Crippen LogP contribution >= 0.6 is 0 Å². The summed E-state index contributed by atoms with van der Waals surface area (Å²) in [5.74, 6) is 1.17. The van der Waals surface area contributed by atoms with Crippen molar-refractivity contribution in [2.75, 3.05) is 13.7 Å². The van der Waals surface area contributed by atoms with Gasteiger partial charge in [0.05, 0.1) is 13.7 Å². The van der Waals surface area contributed by atoms with Crippen LogP contribution in [0.4, 0.5) is 0 Å². The summed E-state index contributed by atoms with van der Waals surface area (Å²) in [7, 11) is 1.64. The van der Waals surface area contributed by atoms with Crippen LogP contribution in [0.15, 0.2) is 48.3 Å². The molecular formula is C18H18O4. The number of benzene rings is 1. The molecule has 2 aliphatic rings. The summed E-state index contributed by atoms with van der Waals surface area (Å²) >= 11 is 0. The molecule has 4 heteroatoms. The van der Waals surface area contributed by atoms with Crippen molar-refractivity contribution < 1.29 is 19.0 Å². The zero-order valence-electron chi connectivity index (χ0n) is 12.7. The molecule has 1 unspecified atom stereocenters. The Hall–Kier alpha value is -2.49. The fraction of sp³-hybridized carbons (Fsp3) is 0.278. The van der Waals surface area contributed by atoms with Gasteiger partial charge < -0.3 is 14.2 Å². The minimum Gasteiger partial charge on any atom is -0.497 e. The van der Waals surface area contributed by atoms with Gasteiger partial charge in [-0.2, -0.15) is 0 Å². The van der Waals surface area contributed by atoms with Crippen LogP contribution in [0.5, 0.6) is 0 Å². The van der Waals surface area contributed by atoms with E-state index >= 15 is 0 Å². The van der Waals surface area contributed by atoms with E-state index < -0.39 is 0 Å². The molecule has 0 saturated carbocycles. The van der Waals surface area contributed by atoms with E-state index in [-0.39, 0.29) is 18.5 Å². The number of methoxy groups -OCH3 is 1. The van der Waals surface area contributed by atoms with Gasteiger partial charge in [0.2, 0.25) is 0 Å². The lowest BCUT2D eigenvalue weighted by atomic mass is 9.96. The molecule has 0 aromatic heterocycles. The van der Waals surface area contributed by atoms with Gasteiger partial charge in [0.25, 0.3) is 0 Å². The molecule has 1 heterocycles. The Morgan fingerprint density at radius 2 is 2.05 bits per heavy atom. The van der Waals surface area contributed by atoms with Crippen molar-refractivity contribution in [2.24, 2.45) is 0 Å². The zero-order chi connectivity index (χ0) is 15.5. The molecule has 0 spiro atoms. The number of carbonyl (C=O) groups excluding carboxylic acids is 1. The molecule has 1 aliphatic carbocycles. The lowest BCUT2D eigenvalue weighted by Crippen LogP contribution is -2.39. The Morgan fingerprint density at radius 1 is 1.27 bits per heavy atom. The largest absolute Gasteiger partial charge is 0.497 e. The van der Waals surface area contributed by atoms with E-state index in [1.807, 2.05) is 42.5 Å². The maximum absolute atomic E-state index is 11.8. The van der Waals surface area contributed by atoms with Crippen molar-refractivity contribution in [3.8, 4) is 0 Å². The van der Waals surface area contributed by atoms with Crippen LogP contribution in [0.1, 0.15) is 13.3 Å². The van der Waals surface area contributed by atoms with Gasteiger partial charge in [-0.15, -0.1) is 0 Å². The van der Waals surface area contributed by atoms with Crippen molar-refractivity contribution in [3.05, 3.63) is 58.7 Å². The van der Waals surface area contributed by atoms with Crippen LogP contribution in [0.3, 0.4) is 0 Å². The summed E-state index contributed by atoms with van der Waals surface area (Å²) in [6, 6.07) is 7.92. The molecule has 0 amide bonds. The average Bonchev–Trinajstić information content (AvgIpc) is 2.55. The van der Waals surface area contributed by atoms with Crippen LogP contribution in [0.2, 0.25) is 0 Å². The van der Waals surface area contributed by atoms with E-state index in [9.17, 15) is 4.79 Å². The molecule has 1 aromatic carbocycles. The number of rotatable bonds is 4. The Labute approximate surface area is 129 Å². The van der Waals surface area contributed by atoms with E-state index in [1.165, 1.54) is 0 Å². The van der Waals surface area contributed by atoms with Gasteiger partial charge in [-0.3, -0.25) is 4.79 Å². The summed E-state index contributed by atoms with van der Waals surface area (Å²) in [6.45, 7) is 2.17. The molecule has 1 atom stereocenters. The first-order valence-electron chi connectivity index (χ1n) is 7.31. The first kappa shape index (κ1) is 14.4. The van der Waals surface area contributed by atoms with Crippen molar-refractivity contribution in [2.45, 2.75) is 19.4 Å². The molecule has 114 valence electrons. The van der Waals surface area contributed by atoms with Crippen LogP contribution in [-0.2, 0) is 19.0 Å². The number of fused-ring (bicyclic) bond motifs is 2. The molecule has 0 saturated heterocycles. The molecule has 0 radical (unpaired) electrons. The summed E-state index contributed by atoms with van der Waals surface area (Å²) in [4.78, 5) is 11.8. The molecule has 22 heavy (non-hydrogen) atoms. The van der Waals surface area contributed by atoms with E-state index in [4.69, 9.17) is 14.2 Å². The highest BCUT2D eigenvalue weighted by Crippen LogP contribution is 2.24. The Balaban J connectivity index is 2.13. The van der Waals surface area contributed by atoms with Gasteiger partial charge in [-0.05, 0) is 30.4 Å². The molecule has 3 rings (SSSR count). The molecule has 4 nitrogen and oxygen atoms in total. The Bertz CT molecular complexity index is 771. The number of allylic oxidation sites excluding steroid dienone is 1. The highest BCUT2D eigenvalue weighted by molar-refractivity contribution is 5.80. The fourth-order valence-electron chi connectivity index (χ4n) is 2.70. The number of ether oxygens (including phenoxy) is 3.